The van der Waals surface area contributed by atoms with Crippen molar-refractivity contribution in [1.29, 1.82) is 0 Å². The number of hydrogen-bond donors (Lipinski definition) is 2. The molecule has 0 unspecified atom stereocenters. The molecule has 0 radical (unpaired) electrons. The second-order valence-electron chi connectivity index (χ2n) is 13.6. The zero-order chi connectivity index (χ0) is 30.3. The first-order valence-electron chi connectivity index (χ1n) is 16.5. The number of aryl methyl sites for hydroxylation is 1. The summed E-state index contributed by atoms with van der Waals surface area (Å²) >= 11 is 0. The summed E-state index contributed by atoms with van der Waals surface area (Å²) in [5, 5.41) is 6.39. The van der Waals surface area contributed by atoms with Crippen LogP contribution in [0.15, 0.2) is 36.4 Å². The molecule has 4 fully saturated rings. The van der Waals surface area contributed by atoms with E-state index in [1.165, 1.54) is 6.42 Å². The molecule has 4 heterocycles. The van der Waals surface area contributed by atoms with Crippen LogP contribution in [0.2, 0.25) is 0 Å². The number of rotatable bonds is 9. The molecule has 6 rings (SSSR count). The number of amides is 3. The van der Waals surface area contributed by atoms with Crippen molar-refractivity contribution in [1.82, 2.24) is 20.0 Å². The monoisotopic (exact) mass is 591 g/mol. The summed E-state index contributed by atoms with van der Waals surface area (Å²) in [6, 6.07) is 6.94. The Bertz CT molecular complexity index is 1240. The largest absolute Gasteiger partial charge is 0.359 e. The fourth-order valence-corrected chi connectivity index (χ4v) is 8.30. The fraction of sp³-hybridized carbons (Fsp3) is 0.676. The minimum atomic E-state index is -1.13. The Morgan fingerprint density at radius 3 is 2.56 bits per heavy atom. The van der Waals surface area contributed by atoms with Crippen LogP contribution >= 0.6 is 0 Å². The van der Waals surface area contributed by atoms with Crippen molar-refractivity contribution in [2.75, 3.05) is 51.1 Å². The van der Waals surface area contributed by atoms with Gasteiger partial charge in [0.1, 0.15) is 11.6 Å². The molecule has 1 aromatic carbocycles. The first-order valence-corrected chi connectivity index (χ1v) is 16.5. The van der Waals surface area contributed by atoms with Crippen LogP contribution in [0.1, 0.15) is 52.0 Å². The summed E-state index contributed by atoms with van der Waals surface area (Å²) in [6.07, 6.45) is 7.26. The lowest BCUT2D eigenvalue weighted by molar-refractivity contribution is -0.141. The third-order valence-corrected chi connectivity index (χ3v) is 11.0. The van der Waals surface area contributed by atoms with Crippen molar-refractivity contribution in [3.63, 3.8) is 0 Å². The lowest BCUT2D eigenvalue weighted by Crippen LogP contribution is -2.58. The minimum Gasteiger partial charge on any atom is -0.359 e. The van der Waals surface area contributed by atoms with Gasteiger partial charge in [-0.25, -0.2) is 0 Å². The Kier molecular flexibility index (Phi) is 8.68. The Hall–Kier alpha value is -2.75. The second-order valence-corrected chi connectivity index (χ2v) is 13.6. The third kappa shape index (κ3) is 5.64. The predicted molar refractivity (Wildman–Crippen MR) is 166 cm³/mol. The molecule has 9 nitrogen and oxygen atoms in total. The van der Waals surface area contributed by atoms with E-state index >= 15 is 0 Å². The number of piperazine rings is 1. The smallest absolute Gasteiger partial charge is 0.246 e. The van der Waals surface area contributed by atoms with E-state index in [0.29, 0.717) is 24.1 Å². The van der Waals surface area contributed by atoms with Crippen molar-refractivity contribution >= 4 is 23.4 Å². The minimum absolute atomic E-state index is 0.0708. The van der Waals surface area contributed by atoms with Crippen molar-refractivity contribution in [3.8, 4) is 0 Å². The molecule has 1 aromatic rings. The normalized spacial score (nSPS) is 35.8. The van der Waals surface area contributed by atoms with E-state index in [2.05, 4.69) is 41.2 Å². The van der Waals surface area contributed by atoms with Gasteiger partial charge in [0, 0.05) is 44.5 Å². The van der Waals surface area contributed by atoms with Gasteiger partial charge in [-0.1, -0.05) is 57.9 Å². The molecule has 2 bridgehead atoms. The van der Waals surface area contributed by atoms with Gasteiger partial charge >= 0.3 is 0 Å². The third-order valence-electron chi connectivity index (χ3n) is 11.0. The number of carbonyl (C=O) groups is 3. The molecular weight excluding hydrogens is 542 g/mol. The second kappa shape index (κ2) is 12.3. The zero-order valence-electron chi connectivity index (χ0n) is 26.3. The zero-order valence-corrected chi connectivity index (χ0v) is 26.3. The Morgan fingerprint density at radius 1 is 1.05 bits per heavy atom. The summed E-state index contributed by atoms with van der Waals surface area (Å²) in [4.78, 5) is 49.0. The van der Waals surface area contributed by atoms with Gasteiger partial charge in [0.25, 0.3) is 0 Å². The molecule has 0 aromatic heterocycles. The Labute approximate surface area is 256 Å². The molecule has 43 heavy (non-hydrogen) atoms. The highest BCUT2D eigenvalue weighted by atomic mass is 16.5. The van der Waals surface area contributed by atoms with Crippen molar-refractivity contribution in [2.45, 2.75) is 77.2 Å². The van der Waals surface area contributed by atoms with Crippen molar-refractivity contribution < 1.29 is 19.1 Å². The molecule has 234 valence electrons. The van der Waals surface area contributed by atoms with Gasteiger partial charge in [-0.3, -0.25) is 14.4 Å². The molecule has 1 saturated carbocycles. The molecule has 4 aliphatic heterocycles. The first kappa shape index (κ1) is 30.3. The van der Waals surface area contributed by atoms with E-state index in [4.69, 9.17) is 4.74 Å². The van der Waals surface area contributed by atoms with Crippen molar-refractivity contribution in [3.05, 3.63) is 42.0 Å². The number of benzene rings is 1. The predicted octanol–water partition coefficient (Wildman–Crippen LogP) is 3.05. The van der Waals surface area contributed by atoms with E-state index < -0.39 is 29.6 Å². The standard InChI is InChI=1S/C34H49N5O4/c1-5-37-17-19-38(20-18-37)15-8-16-39-30(32(41)36-26-12-7-10-23(3)24(26)4)34-14-13-27(43-34)28(29(34)33(39)42)31(40)35-25-11-6-9-22(2)21-25/h6,9,11,13-14,21,23-24,26-30H,5,7-8,10,12,15-20H2,1-4H3,(H,35,40)(H,36,41)/t23-,24+,26-,27+,28-,29+,30+,34+/m1/s1. The maximum Gasteiger partial charge on any atom is 0.246 e. The van der Waals surface area contributed by atoms with Gasteiger partial charge < -0.3 is 30.1 Å². The molecule has 8 atom stereocenters. The summed E-state index contributed by atoms with van der Waals surface area (Å²) in [5.41, 5.74) is 0.614. The summed E-state index contributed by atoms with van der Waals surface area (Å²) in [5.74, 6) is -1.03. The highest BCUT2D eigenvalue weighted by Crippen LogP contribution is 2.55. The van der Waals surface area contributed by atoms with Gasteiger partial charge in [0.05, 0.1) is 17.9 Å². The van der Waals surface area contributed by atoms with Crippen LogP contribution in [0.4, 0.5) is 5.69 Å². The number of carbonyl (C=O) groups excluding carboxylic acids is 3. The SMILES string of the molecule is CCN1CCN(CCCN2C(=O)[C@@H]3[C@H](C(=O)Nc4cccc(C)c4)[C@@H]4C=C[C@@]3(O4)[C@@H]2C(=O)N[C@@H]2CCC[C@@H](C)[C@@H]2C)CC1. The van der Waals surface area contributed by atoms with Crippen LogP contribution in [-0.2, 0) is 19.1 Å². The number of fused-ring (bicyclic) bond motifs is 1. The van der Waals surface area contributed by atoms with Gasteiger partial charge in [-0.15, -0.1) is 0 Å². The summed E-state index contributed by atoms with van der Waals surface area (Å²) in [6.45, 7) is 15.2. The molecule has 1 aliphatic carbocycles. The Morgan fingerprint density at radius 2 is 1.81 bits per heavy atom. The first-order chi connectivity index (χ1) is 20.7. The molecule has 3 saturated heterocycles. The fourth-order valence-electron chi connectivity index (χ4n) is 8.30. The molecule has 1 spiro atoms. The van der Waals surface area contributed by atoms with Gasteiger partial charge in [-0.05, 0) is 62.4 Å². The summed E-state index contributed by atoms with van der Waals surface area (Å²) in [7, 11) is 0. The van der Waals surface area contributed by atoms with Crippen LogP contribution < -0.4 is 10.6 Å². The van der Waals surface area contributed by atoms with E-state index in [1.54, 1.807) is 4.90 Å². The molecule has 5 aliphatic rings. The van der Waals surface area contributed by atoms with E-state index in [9.17, 15) is 14.4 Å². The average Bonchev–Trinajstić information content (AvgIpc) is 3.63. The van der Waals surface area contributed by atoms with Crippen LogP contribution in [0.25, 0.3) is 0 Å². The highest BCUT2D eigenvalue weighted by Gasteiger charge is 2.72. The lowest BCUT2D eigenvalue weighted by atomic mass is 9.73. The number of ether oxygens (including phenoxy) is 1. The van der Waals surface area contributed by atoms with Crippen molar-refractivity contribution in [2.24, 2.45) is 23.7 Å². The van der Waals surface area contributed by atoms with Crippen LogP contribution in [0.3, 0.4) is 0 Å². The molecule has 9 heteroatoms. The highest BCUT2D eigenvalue weighted by molar-refractivity contribution is 6.02. The van der Waals surface area contributed by atoms with Gasteiger partial charge in [0.2, 0.25) is 17.7 Å². The van der Waals surface area contributed by atoms with Crippen LogP contribution in [-0.4, -0.2) is 102 Å². The number of anilines is 1. The summed E-state index contributed by atoms with van der Waals surface area (Å²) < 4.78 is 6.56. The molecule has 3 amide bonds. The van der Waals surface area contributed by atoms with E-state index in [1.807, 2.05) is 43.3 Å². The van der Waals surface area contributed by atoms with E-state index in [-0.39, 0.29) is 23.8 Å². The Balaban J connectivity index is 1.22. The number of likely N-dealkylation sites (tertiary alicyclic amines) is 1. The molecule has 2 N–H and O–H groups in total. The average molecular weight is 592 g/mol. The maximum absolute atomic E-state index is 14.3. The van der Waals surface area contributed by atoms with E-state index in [0.717, 1.165) is 64.1 Å². The maximum atomic E-state index is 14.3. The van der Waals surface area contributed by atoms with Crippen LogP contribution in [0.5, 0.6) is 0 Å². The quantitative estimate of drug-likeness (QED) is 0.429. The van der Waals surface area contributed by atoms with Gasteiger partial charge in [0.15, 0.2) is 0 Å². The number of likely N-dealkylation sites (N-methyl/N-ethyl adjacent to an activating group) is 1. The number of hydrogen-bond acceptors (Lipinski definition) is 6. The topological polar surface area (TPSA) is 94.2 Å². The van der Waals surface area contributed by atoms with Gasteiger partial charge in [-0.2, -0.15) is 0 Å². The van der Waals surface area contributed by atoms with Crippen LogP contribution in [0, 0.1) is 30.6 Å². The lowest BCUT2D eigenvalue weighted by Gasteiger charge is -2.38. The number of nitrogens with one attached hydrogen (secondary N) is 2. The molecular formula is C34H49N5O4. The number of nitrogens with zero attached hydrogens (tertiary/aromatic N) is 3.